The number of fused-ring (bicyclic) bond motifs is 2. The fourth-order valence-electron chi connectivity index (χ4n) is 6.93. The molecule has 0 radical (unpaired) electrons. The van der Waals surface area contributed by atoms with Gasteiger partial charge in [-0.05, 0) is 43.2 Å². The molecule has 0 unspecified atom stereocenters. The zero-order valence-electron chi connectivity index (χ0n) is 26.5. The number of nitrogens with zero attached hydrogens (tertiary/aromatic N) is 3. The van der Waals surface area contributed by atoms with Gasteiger partial charge in [0.2, 0.25) is 29.5 Å². The monoisotopic (exact) mass is 667 g/mol. The number of para-hydroxylation sites is 1. The minimum absolute atomic E-state index is 0.00377. The van der Waals surface area contributed by atoms with Gasteiger partial charge in [-0.25, -0.2) is 0 Å². The Kier molecular flexibility index (Phi) is 11.3. The van der Waals surface area contributed by atoms with E-state index in [0.29, 0.717) is 18.6 Å². The number of piperazine rings is 1. The lowest BCUT2D eigenvalue weighted by atomic mass is 9.81. The van der Waals surface area contributed by atoms with Crippen LogP contribution in [0, 0.1) is 5.92 Å². The number of amides is 5. The van der Waals surface area contributed by atoms with Crippen LogP contribution in [0.15, 0.2) is 35.5 Å². The number of guanidine groups is 1. The van der Waals surface area contributed by atoms with Crippen LogP contribution in [0.4, 0.5) is 0 Å². The molecule has 3 heterocycles. The number of carbonyl (C=O) groups excluding carboxylic acids is 5. The molecule has 47 heavy (non-hydrogen) atoms. The third-order valence-electron chi connectivity index (χ3n) is 9.25. The predicted molar refractivity (Wildman–Crippen MR) is 180 cm³/mol. The second-order valence-corrected chi connectivity index (χ2v) is 13.8. The Hall–Kier alpha value is -4.27. The van der Waals surface area contributed by atoms with Crippen molar-refractivity contribution < 1.29 is 24.0 Å². The lowest BCUT2D eigenvalue weighted by Gasteiger charge is -2.50. The van der Waals surface area contributed by atoms with Gasteiger partial charge in [0.05, 0.1) is 18.5 Å². The number of carbonyl (C=O) groups is 5. The van der Waals surface area contributed by atoms with Gasteiger partial charge in [-0.1, -0.05) is 37.5 Å². The molecule has 0 bridgehead atoms. The van der Waals surface area contributed by atoms with Gasteiger partial charge in [0, 0.05) is 42.2 Å². The zero-order valence-corrected chi connectivity index (χ0v) is 27.3. The summed E-state index contributed by atoms with van der Waals surface area (Å²) in [6.45, 7) is 0.210. The van der Waals surface area contributed by atoms with Crippen LogP contribution >= 0.6 is 11.8 Å². The molecule has 9 N–H and O–H groups in total. The van der Waals surface area contributed by atoms with E-state index in [2.05, 4.69) is 20.6 Å². The fraction of sp³-hybridized carbons (Fsp3) is 0.562. The lowest BCUT2D eigenvalue weighted by molar-refractivity contribution is -0.158. The summed E-state index contributed by atoms with van der Waals surface area (Å²) in [6, 6.07) is 4.93. The molecule has 1 saturated carbocycles. The number of nitrogens with one attached hydrogen (secondary N) is 3. The highest BCUT2D eigenvalue weighted by Gasteiger charge is 2.48. The average molecular weight is 668 g/mol. The van der Waals surface area contributed by atoms with E-state index in [1.165, 1.54) is 4.90 Å². The quantitative estimate of drug-likeness (QED) is 0.0988. The Morgan fingerprint density at radius 3 is 2.55 bits per heavy atom. The molecular formula is C32H45N9O5S. The second-order valence-electron chi connectivity index (χ2n) is 12.5. The molecule has 0 spiro atoms. The lowest BCUT2D eigenvalue weighted by Crippen LogP contribution is -2.67. The molecule has 254 valence electrons. The van der Waals surface area contributed by atoms with Crippen LogP contribution in [0.2, 0.25) is 0 Å². The number of rotatable bonds is 13. The van der Waals surface area contributed by atoms with Crippen LogP contribution in [0.3, 0.4) is 0 Å². The van der Waals surface area contributed by atoms with Crippen molar-refractivity contribution in [2.24, 2.45) is 28.1 Å². The number of hydrogen-bond acceptors (Lipinski definition) is 7. The first-order valence-corrected chi connectivity index (χ1v) is 17.4. The van der Waals surface area contributed by atoms with E-state index < -0.39 is 35.8 Å². The maximum Gasteiger partial charge on any atom is 0.246 e. The number of nitrogens with two attached hydrogens (primary N) is 3. The van der Waals surface area contributed by atoms with Crippen molar-refractivity contribution in [3.8, 4) is 0 Å². The molecule has 5 rings (SSSR count). The molecule has 2 aliphatic heterocycles. The number of primary amides is 1. The van der Waals surface area contributed by atoms with E-state index in [4.69, 9.17) is 17.2 Å². The summed E-state index contributed by atoms with van der Waals surface area (Å²) in [5.74, 6) is -1.41. The van der Waals surface area contributed by atoms with Crippen molar-refractivity contribution in [2.45, 2.75) is 81.3 Å². The first-order chi connectivity index (χ1) is 22.6. The van der Waals surface area contributed by atoms with Crippen molar-refractivity contribution in [3.63, 3.8) is 0 Å². The summed E-state index contributed by atoms with van der Waals surface area (Å²) in [4.78, 5) is 76.9. The van der Waals surface area contributed by atoms with E-state index in [0.717, 1.165) is 48.6 Å². The van der Waals surface area contributed by atoms with E-state index >= 15 is 0 Å². The Morgan fingerprint density at radius 1 is 1.04 bits per heavy atom. The molecule has 1 aromatic carbocycles. The minimum atomic E-state index is -1.04. The minimum Gasteiger partial charge on any atom is -0.370 e. The van der Waals surface area contributed by atoms with Crippen molar-refractivity contribution in [2.75, 3.05) is 25.4 Å². The summed E-state index contributed by atoms with van der Waals surface area (Å²) >= 11 is 1.63. The third kappa shape index (κ3) is 8.37. The Morgan fingerprint density at radius 2 is 1.81 bits per heavy atom. The highest BCUT2D eigenvalue weighted by Crippen LogP contribution is 2.38. The average Bonchev–Trinajstić information content (AvgIpc) is 3.45. The SMILES string of the molecule is NC(=O)[C@H](Cc1c[nH]c2ccccc12)NC(=O)[C@H](CCCN=C(N)N)NC(=O)CN1C[C@H]2SCCC(=O)N2[C@H](C2CCCCC2)C1=O. The van der Waals surface area contributed by atoms with Crippen LogP contribution < -0.4 is 27.8 Å². The Balaban J connectivity index is 1.28. The first kappa shape index (κ1) is 34.1. The van der Waals surface area contributed by atoms with Gasteiger partial charge < -0.3 is 42.6 Å². The highest BCUT2D eigenvalue weighted by molar-refractivity contribution is 8.00. The molecular weight excluding hydrogens is 622 g/mol. The Labute approximate surface area is 278 Å². The molecule has 4 atom stereocenters. The number of hydrogen-bond donors (Lipinski definition) is 6. The van der Waals surface area contributed by atoms with E-state index in [9.17, 15) is 24.0 Å². The highest BCUT2D eigenvalue weighted by atomic mass is 32.2. The van der Waals surface area contributed by atoms with Crippen LogP contribution in [0.25, 0.3) is 10.9 Å². The normalized spacial score (nSPS) is 21.5. The van der Waals surface area contributed by atoms with Gasteiger partial charge in [0.25, 0.3) is 0 Å². The topological polar surface area (TPSA) is 222 Å². The Bertz CT molecular complexity index is 1500. The van der Waals surface area contributed by atoms with Crippen LogP contribution in [-0.2, 0) is 30.4 Å². The number of aromatic nitrogens is 1. The molecule has 2 saturated heterocycles. The summed E-state index contributed by atoms with van der Waals surface area (Å²) in [5, 5.41) is 6.20. The first-order valence-electron chi connectivity index (χ1n) is 16.3. The van der Waals surface area contributed by atoms with E-state index in [1.54, 1.807) is 22.9 Å². The van der Waals surface area contributed by atoms with Crippen LogP contribution in [0.5, 0.6) is 0 Å². The van der Waals surface area contributed by atoms with E-state index in [1.807, 2.05) is 24.3 Å². The number of benzene rings is 1. The molecule has 2 aromatic rings. The largest absolute Gasteiger partial charge is 0.370 e. The van der Waals surface area contributed by atoms with Gasteiger partial charge in [-0.15, -0.1) is 11.8 Å². The standard InChI is InChI=1S/C32H45N9O5S/c33-29(44)24(15-20-16-37-22-10-5-4-9-21(20)22)39-30(45)23(11-6-13-36-32(34)35)38-25(42)17-40-18-27-41(26(43)12-14-47-27)28(31(40)46)19-7-2-1-3-8-19/h4-5,9-10,16,19,23-24,27-28,37H,1-3,6-8,11-15,17-18H2,(H2,33,44)(H,38,42)(H,39,45)(H4,34,35,36)/t23-,24-,27+,28+/m0/s1. The molecule has 3 fully saturated rings. The van der Waals surface area contributed by atoms with E-state index in [-0.39, 0.29) is 61.5 Å². The molecule has 15 heteroatoms. The van der Waals surface area contributed by atoms with Gasteiger partial charge in [0.1, 0.15) is 18.1 Å². The summed E-state index contributed by atoms with van der Waals surface area (Å²) in [5.41, 5.74) is 18.3. The van der Waals surface area contributed by atoms with Gasteiger partial charge in [-0.2, -0.15) is 0 Å². The number of thioether (sulfide) groups is 1. The maximum absolute atomic E-state index is 13.9. The van der Waals surface area contributed by atoms with Crippen LogP contribution in [0.1, 0.15) is 56.9 Å². The van der Waals surface area contributed by atoms with Gasteiger partial charge in [0.15, 0.2) is 5.96 Å². The molecule has 3 aliphatic rings. The summed E-state index contributed by atoms with van der Waals surface area (Å²) < 4.78 is 0. The zero-order chi connectivity index (χ0) is 33.5. The van der Waals surface area contributed by atoms with Crippen molar-refractivity contribution in [1.82, 2.24) is 25.4 Å². The molecule has 5 amide bonds. The van der Waals surface area contributed by atoms with Crippen LogP contribution in [-0.4, -0.2) is 99.2 Å². The van der Waals surface area contributed by atoms with Crippen molar-refractivity contribution in [3.05, 3.63) is 36.0 Å². The molecule has 14 nitrogen and oxygen atoms in total. The maximum atomic E-state index is 13.9. The third-order valence-corrected chi connectivity index (χ3v) is 10.5. The second kappa shape index (κ2) is 15.5. The van der Waals surface area contributed by atoms with Crippen molar-refractivity contribution >= 4 is 58.2 Å². The molecule has 1 aliphatic carbocycles. The van der Waals surface area contributed by atoms with Crippen molar-refractivity contribution in [1.29, 1.82) is 0 Å². The number of aliphatic imine (C=N–C) groups is 1. The number of aromatic amines is 1. The number of H-pyrrole nitrogens is 1. The predicted octanol–water partition coefficient (Wildman–Crippen LogP) is 0.302. The molecule has 1 aromatic heterocycles. The smallest absolute Gasteiger partial charge is 0.246 e. The summed E-state index contributed by atoms with van der Waals surface area (Å²) in [6.07, 6.45) is 7.74. The van der Waals surface area contributed by atoms with Gasteiger partial charge >= 0.3 is 0 Å². The van der Waals surface area contributed by atoms with Gasteiger partial charge in [-0.3, -0.25) is 29.0 Å². The fourth-order valence-corrected chi connectivity index (χ4v) is 8.19. The summed E-state index contributed by atoms with van der Waals surface area (Å²) in [7, 11) is 0.